The highest BCUT2D eigenvalue weighted by molar-refractivity contribution is 8.26. The predicted molar refractivity (Wildman–Crippen MR) is 90.4 cm³/mol. The highest BCUT2D eigenvalue weighted by Crippen LogP contribution is 2.31. The first-order valence-electron chi connectivity index (χ1n) is 6.69. The number of amides is 1. The van der Waals surface area contributed by atoms with Crippen molar-refractivity contribution in [2.24, 2.45) is 0 Å². The van der Waals surface area contributed by atoms with Gasteiger partial charge in [-0.1, -0.05) is 79.8 Å². The normalized spacial score (nSPS) is 17.6. The molecule has 0 atom stereocenters. The Kier molecular flexibility index (Phi) is 5.56. The summed E-state index contributed by atoms with van der Waals surface area (Å²) in [5.74, 6) is 0.0335. The number of thioether (sulfide) groups is 1. The molecule has 20 heavy (non-hydrogen) atoms. The van der Waals surface area contributed by atoms with Crippen LogP contribution in [0.5, 0.6) is 0 Å². The van der Waals surface area contributed by atoms with Gasteiger partial charge in [0.15, 0.2) is 0 Å². The molecule has 0 aliphatic carbocycles. The van der Waals surface area contributed by atoms with Gasteiger partial charge < -0.3 is 0 Å². The van der Waals surface area contributed by atoms with Gasteiger partial charge in [0.05, 0.1) is 4.91 Å². The van der Waals surface area contributed by atoms with Gasteiger partial charge in [-0.2, -0.15) is 0 Å². The van der Waals surface area contributed by atoms with E-state index in [9.17, 15) is 4.79 Å². The Morgan fingerprint density at radius 3 is 2.75 bits per heavy atom. The van der Waals surface area contributed by atoms with E-state index in [1.165, 1.54) is 11.8 Å². The Labute approximate surface area is 129 Å². The summed E-state index contributed by atoms with van der Waals surface area (Å²) in [6.07, 6.45) is 7.78. The number of unbranched alkanes of at least 4 members (excludes halogenated alkanes) is 1. The molecule has 2 rings (SSSR count). The SMILES string of the molecule is CCCCN1C(=O)C(=CC=Cc2ccccc2)SC1=S. The van der Waals surface area contributed by atoms with Crippen molar-refractivity contribution >= 4 is 40.3 Å². The van der Waals surface area contributed by atoms with Gasteiger partial charge in [0.25, 0.3) is 5.91 Å². The van der Waals surface area contributed by atoms with Crippen molar-refractivity contribution in [3.05, 3.63) is 53.0 Å². The minimum Gasteiger partial charge on any atom is -0.293 e. The van der Waals surface area contributed by atoms with E-state index in [-0.39, 0.29) is 5.91 Å². The third kappa shape index (κ3) is 3.81. The van der Waals surface area contributed by atoms with Crippen LogP contribution in [0.2, 0.25) is 0 Å². The van der Waals surface area contributed by atoms with Crippen molar-refractivity contribution in [3.63, 3.8) is 0 Å². The average Bonchev–Trinajstić information content (AvgIpc) is 2.73. The van der Waals surface area contributed by atoms with Crippen LogP contribution in [0.4, 0.5) is 0 Å². The Hall–Kier alpha value is -1.39. The van der Waals surface area contributed by atoms with Crippen LogP contribution < -0.4 is 0 Å². The van der Waals surface area contributed by atoms with Gasteiger partial charge in [-0.05, 0) is 18.1 Å². The van der Waals surface area contributed by atoms with Crippen LogP contribution in [0.25, 0.3) is 6.08 Å². The van der Waals surface area contributed by atoms with E-state index in [0.717, 1.165) is 24.9 Å². The van der Waals surface area contributed by atoms with Crippen LogP contribution in [-0.2, 0) is 4.79 Å². The fourth-order valence-electron chi connectivity index (χ4n) is 1.83. The first kappa shape index (κ1) is 15.0. The second-order valence-electron chi connectivity index (χ2n) is 4.48. The number of carbonyl (C=O) groups excluding carboxylic acids is 1. The van der Waals surface area contributed by atoms with Crippen LogP contribution in [0, 0.1) is 0 Å². The van der Waals surface area contributed by atoms with Gasteiger partial charge >= 0.3 is 0 Å². The van der Waals surface area contributed by atoms with Gasteiger partial charge in [0.2, 0.25) is 0 Å². The summed E-state index contributed by atoms with van der Waals surface area (Å²) in [6.45, 7) is 2.83. The Morgan fingerprint density at radius 1 is 1.30 bits per heavy atom. The lowest BCUT2D eigenvalue weighted by atomic mass is 10.2. The van der Waals surface area contributed by atoms with Gasteiger partial charge in [-0.15, -0.1) is 0 Å². The van der Waals surface area contributed by atoms with Crippen molar-refractivity contribution in [2.75, 3.05) is 6.54 Å². The number of rotatable bonds is 5. The van der Waals surface area contributed by atoms with Gasteiger partial charge in [-0.3, -0.25) is 9.69 Å². The summed E-state index contributed by atoms with van der Waals surface area (Å²) in [5, 5.41) is 0. The van der Waals surface area contributed by atoms with Crippen molar-refractivity contribution < 1.29 is 4.79 Å². The third-order valence-corrected chi connectivity index (χ3v) is 4.34. The lowest BCUT2D eigenvalue weighted by Gasteiger charge is -2.12. The Bertz CT molecular complexity index is 549. The van der Waals surface area contributed by atoms with E-state index >= 15 is 0 Å². The number of carbonyl (C=O) groups is 1. The van der Waals surface area contributed by atoms with Crippen molar-refractivity contribution in [1.82, 2.24) is 4.90 Å². The lowest BCUT2D eigenvalue weighted by molar-refractivity contribution is -0.122. The zero-order valence-electron chi connectivity index (χ0n) is 11.4. The van der Waals surface area contributed by atoms with E-state index in [0.29, 0.717) is 9.23 Å². The second kappa shape index (κ2) is 7.41. The molecular formula is C16H17NOS2. The van der Waals surface area contributed by atoms with E-state index in [2.05, 4.69) is 6.92 Å². The van der Waals surface area contributed by atoms with Crippen LogP contribution >= 0.6 is 24.0 Å². The molecule has 1 fully saturated rings. The van der Waals surface area contributed by atoms with Crippen LogP contribution in [0.15, 0.2) is 47.4 Å². The van der Waals surface area contributed by atoms with Gasteiger partial charge in [0.1, 0.15) is 4.32 Å². The molecule has 2 nitrogen and oxygen atoms in total. The van der Waals surface area contributed by atoms with Gasteiger partial charge in [-0.25, -0.2) is 0 Å². The minimum absolute atomic E-state index is 0.0335. The number of thiocarbonyl (C=S) groups is 1. The van der Waals surface area contributed by atoms with Crippen LogP contribution in [-0.4, -0.2) is 21.7 Å². The molecule has 1 amide bonds. The van der Waals surface area contributed by atoms with Crippen molar-refractivity contribution in [3.8, 4) is 0 Å². The molecule has 104 valence electrons. The van der Waals surface area contributed by atoms with Gasteiger partial charge in [0, 0.05) is 6.54 Å². The molecular weight excluding hydrogens is 286 g/mol. The van der Waals surface area contributed by atoms with E-state index < -0.39 is 0 Å². The van der Waals surface area contributed by atoms with Crippen molar-refractivity contribution in [2.45, 2.75) is 19.8 Å². The summed E-state index contributed by atoms with van der Waals surface area (Å²) in [5.41, 5.74) is 1.12. The fraction of sp³-hybridized carbons (Fsp3) is 0.250. The first-order valence-corrected chi connectivity index (χ1v) is 7.92. The molecule has 0 spiro atoms. The molecule has 0 radical (unpaired) electrons. The molecule has 0 saturated carbocycles. The largest absolute Gasteiger partial charge is 0.293 e. The summed E-state index contributed by atoms with van der Waals surface area (Å²) in [6, 6.07) is 10.0. The maximum atomic E-state index is 12.2. The molecule has 1 aromatic rings. The number of benzene rings is 1. The quantitative estimate of drug-likeness (QED) is 0.599. The van der Waals surface area contributed by atoms with Crippen molar-refractivity contribution in [1.29, 1.82) is 0 Å². The zero-order valence-corrected chi connectivity index (χ0v) is 13.0. The van der Waals surface area contributed by atoms with E-state index in [1.54, 1.807) is 4.90 Å². The molecule has 0 bridgehead atoms. The second-order valence-corrected chi connectivity index (χ2v) is 6.15. The number of allylic oxidation sites excluding steroid dienone is 2. The van der Waals surface area contributed by atoms with Crippen LogP contribution in [0.3, 0.4) is 0 Å². The topological polar surface area (TPSA) is 20.3 Å². The highest BCUT2D eigenvalue weighted by atomic mass is 32.2. The molecule has 0 aromatic heterocycles. The molecule has 0 N–H and O–H groups in total. The third-order valence-electron chi connectivity index (χ3n) is 2.94. The molecule has 0 unspecified atom stereocenters. The van der Waals surface area contributed by atoms with Crippen LogP contribution in [0.1, 0.15) is 25.3 Å². The Balaban J connectivity index is 2.03. The molecule has 4 heteroatoms. The zero-order chi connectivity index (χ0) is 14.4. The summed E-state index contributed by atoms with van der Waals surface area (Å²) in [7, 11) is 0. The minimum atomic E-state index is 0.0335. The molecule has 1 aliphatic rings. The number of nitrogens with zero attached hydrogens (tertiary/aromatic N) is 1. The summed E-state index contributed by atoms with van der Waals surface area (Å²) < 4.78 is 0.669. The van der Waals surface area contributed by atoms with E-state index in [1.807, 2.05) is 48.6 Å². The monoisotopic (exact) mass is 303 g/mol. The maximum Gasteiger partial charge on any atom is 0.266 e. The lowest BCUT2D eigenvalue weighted by Crippen LogP contribution is -2.28. The smallest absolute Gasteiger partial charge is 0.266 e. The summed E-state index contributed by atoms with van der Waals surface area (Å²) in [4.78, 5) is 14.6. The molecule has 1 heterocycles. The molecule has 1 aliphatic heterocycles. The number of hydrogen-bond acceptors (Lipinski definition) is 3. The Morgan fingerprint density at radius 2 is 2.05 bits per heavy atom. The molecule has 1 saturated heterocycles. The number of hydrogen-bond donors (Lipinski definition) is 0. The highest BCUT2D eigenvalue weighted by Gasteiger charge is 2.30. The average molecular weight is 303 g/mol. The fourth-order valence-corrected chi connectivity index (χ4v) is 3.09. The molecule has 1 aromatic carbocycles. The maximum absolute atomic E-state index is 12.2. The summed E-state index contributed by atoms with van der Waals surface area (Å²) >= 11 is 6.64. The first-order chi connectivity index (χ1) is 9.72. The predicted octanol–water partition coefficient (Wildman–Crippen LogP) is 4.24. The standard InChI is InChI=1S/C16H17NOS2/c1-2-3-12-17-15(18)14(20-16(17)19)11-7-10-13-8-5-4-6-9-13/h4-11H,2-3,12H2,1H3. The van der Waals surface area contributed by atoms with E-state index in [4.69, 9.17) is 12.2 Å².